The van der Waals surface area contributed by atoms with Gasteiger partial charge in [0.25, 0.3) is 0 Å². The molecule has 1 aliphatic heterocycles. The van der Waals surface area contributed by atoms with Crippen LogP contribution in [0.25, 0.3) is 10.9 Å². The number of nitrogens with one attached hydrogen (secondary N) is 2. The number of benzene rings is 2. The van der Waals surface area contributed by atoms with Gasteiger partial charge in [0.15, 0.2) is 0 Å². The van der Waals surface area contributed by atoms with Crippen LogP contribution in [0.5, 0.6) is 5.75 Å². The molecule has 1 aromatic heterocycles. The molecule has 0 amide bonds. The Balaban J connectivity index is 1.28. The molecule has 0 atom stereocenters. The third kappa shape index (κ3) is 5.59. The SMILES string of the molecule is CN1CCN(CCCOc2ccc(SNc3ccc(Cl)c4c(Cl)c[nH]c34)c(F)c2)CC1. The predicted molar refractivity (Wildman–Crippen MR) is 128 cm³/mol. The van der Waals surface area contributed by atoms with Gasteiger partial charge < -0.3 is 24.2 Å². The van der Waals surface area contributed by atoms with E-state index in [0.29, 0.717) is 27.3 Å². The number of aromatic nitrogens is 1. The Labute approximate surface area is 196 Å². The number of H-pyrrole nitrogens is 1. The maximum absolute atomic E-state index is 14.6. The van der Waals surface area contributed by atoms with E-state index in [4.69, 9.17) is 27.9 Å². The van der Waals surface area contributed by atoms with Crippen molar-refractivity contribution in [2.45, 2.75) is 11.3 Å². The van der Waals surface area contributed by atoms with Gasteiger partial charge in [0.05, 0.1) is 32.8 Å². The lowest BCUT2D eigenvalue weighted by atomic mass is 10.2. The van der Waals surface area contributed by atoms with Crippen LogP contribution < -0.4 is 9.46 Å². The average Bonchev–Trinajstić information content (AvgIpc) is 3.16. The molecule has 0 radical (unpaired) electrons. The molecular weight excluding hydrogens is 458 g/mol. The zero-order valence-corrected chi connectivity index (χ0v) is 19.6. The summed E-state index contributed by atoms with van der Waals surface area (Å²) >= 11 is 13.6. The van der Waals surface area contributed by atoms with Crippen molar-refractivity contribution in [1.82, 2.24) is 14.8 Å². The van der Waals surface area contributed by atoms with Crippen LogP contribution in [-0.2, 0) is 0 Å². The van der Waals surface area contributed by atoms with Gasteiger partial charge in [-0.3, -0.25) is 0 Å². The molecule has 2 aromatic carbocycles. The van der Waals surface area contributed by atoms with Gasteiger partial charge in [-0.25, -0.2) is 4.39 Å². The van der Waals surface area contributed by atoms with Gasteiger partial charge in [0.2, 0.25) is 0 Å². The molecule has 5 nitrogen and oxygen atoms in total. The maximum atomic E-state index is 14.6. The predicted octanol–water partition coefficient (Wildman–Crippen LogP) is 5.75. The second-order valence-electron chi connectivity index (χ2n) is 7.62. The zero-order chi connectivity index (χ0) is 21.8. The van der Waals surface area contributed by atoms with Gasteiger partial charge in [-0.1, -0.05) is 23.2 Å². The van der Waals surface area contributed by atoms with E-state index in [9.17, 15) is 4.39 Å². The number of aromatic amines is 1. The summed E-state index contributed by atoms with van der Waals surface area (Å²) in [6.07, 6.45) is 2.61. The van der Waals surface area contributed by atoms with Crippen LogP contribution in [0, 0.1) is 5.82 Å². The van der Waals surface area contributed by atoms with Gasteiger partial charge in [-0.05, 0) is 49.7 Å². The van der Waals surface area contributed by atoms with E-state index in [0.717, 1.165) is 55.7 Å². The van der Waals surface area contributed by atoms with Crippen LogP contribution in [0.2, 0.25) is 10.0 Å². The maximum Gasteiger partial charge on any atom is 0.142 e. The van der Waals surface area contributed by atoms with Crippen LogP contribution in [0.1, 0.15) is 6.42 Å². The van der Waals surface area contributed by atoms with E-state index >= 15 is 0 Å². The number of hydrogen-bond acceptors (Lipinski definition) is 5. The van der Waals surface area contributed by atoms with Crippen molar-refractivity contribution in [3.05, 3.63) is 52.4 Å². The number of anilines is 1. The fraction of sp³-hybridized carbons (Fsp3) is 0.364. The second kappa shape index (κ2) is 10.3. The van der Waals surface area contributed by atoms with Crippen molar-refractivity contribution in [2.75, 3.05) is 51.1 Å². The topological polar surface area (TPSA) is 43.5 Å². The molecule has 9 heteroatoms. The third-order valence-corrected chi connectivity index (χ3v) is 6.88. The first-order valence-corrected chi connectivity index (χ1v) is 11.8. The smallest absolute Gasteiger partial charge is 0.142 e. The molecule has 0 bridgehead atoms. The third-order valence-electron chi connectivity index (χ3n) is 5.39. The number of rotatable bonds is 8. The largest absolute Gasteiger partial charge is 0.493 e. The molecule has 0 spiro atoms. The Bertz CT molecular complexity index is 1040. The molecule has 166 valence electrons. The Morgan fingerprint density at radius 2 is 1.94 bits per heavy atom. The molecule has 1 fully saturated rings. The van der Waals surface area contributed by atoms with Gasteiger partial charge >= 0.3 is 0 Å². The number of ether oxygens (including phenoxy) is 1. The Morgan fingerprint density at radius 3 is 2.71 bits per heavy atom. The zero-order valence-electron chi connectivity index (χ0n) is 17.3. The van der Waals surface area contributed by atoms with Crippen molar-refractivity contribution in [2.24, 2.45) is 0 Å². The van der Waals surface area contributed by atoms with Crippen molar-refractivity contribution in [3.63, 3.8) is 0 Å². The monoisotopic (exact) mass is 482 g/mol. The van der Waals surface area contributed by atoms with E-state index in [1.807, 2.05) is 6.07 Å². The van der Waals surface area contributed by atoms with Crippen molar-refractivity contribution in [3.8, 4) is 5.75 Å². The molecule has 2 heterocycles. The molecule has 0 aliphatic carbocycles. The number of likely N-dealkylation sites (N-methyl/N-ethyl adjacent to an activating group) is 1. The molecule has 1 aliphatic rings. The van der Waals surface area contributed by atoms with Crippen molar-refractivity contribution < 1.29 is 9.13 Å². The van der Waals surface area contributed by atoms with E-state index in [2.05, 4.69) is 26.6 Å². The molecule has 0 saturated carbocycles. The first kappa shape index (κ1) is 22.6. The Morgan fingerprint density at radius 1 is 1.13 bits per heavy atom. The summed E-state index contributed by atoms with van der Waals surface area (Å²) in [6.45, 7) is 5.99. The summed E-state index contributed by atoms with van der Waals surface area (Å²) in [5.74, 6) is 0.217. The fourth-order valence-corrected chi connectivity index (χ4v) is 4.81. The summed E-state index contributed by atoms with van der Waals surface area (Å²) in [6, 6.07) is 8.55. The van der Waals surface area contributed by atoms with Gasteiger partial charge in [0, 0.05) is 50.4 Å². The number of fused-ring (bicyclic) bond motifs is 1. The van der Waals surface area contributed by atoms with E-state index in [1.54, 1.807) is 24.4 Å². The summed E-state index contributed by atoms with van der Waals surface area (Å²) in [5.41, 5.74) is 1.56. The molecule has 31 heavy (non-hydrogen) atoms. The highest BCUT2D eigenvalue weighted by molar-refractivity contribution is 8.00. The number of halogens is 3. The molecule has 2 N–H and O–H groups in total. The lowest BCUT2D eigenvalue weighted by molar-refractivity contribution is 0.145. The summed E-state index contributed by atoms with van der Waals surface area (Å²) in [5, 5.41) is 1.86. The Hall–Kier alpha value is -1.64. The normalized spacial score (nSPS) is 15.5. The van der Waals surface area contributed by atoms with Crippen LogP contribution >= 0.6 is 35.1 Å². The second-order valence-corrected chi connectivity index (χ2v) is 9.29. The highest BCUT2D eigenvalue weighted by Crippen LogP contribution is 2.36. The van der Waals surface area contributed by atoms with E-state index in [-0.39, 0.29) is 5.82 Å². The molecule has 0 unspecified atom stereocenters. The van der Waals surface area contributed by atoms with E-state index in [1.165, 1.54) is 18.0 Å². The number of piperazine rings is 1. The van der Waals surface area contributed by atoms with Crippen LogP contribution in [0.3, 0.4) is 0 Å². The summed E-state index contributed by atoms with van der Waals surface area (Å²) in [4.78, 5) is 8.36. The summed E-state index contributed by atoms with van der Waals surface area (Å²) in [7, 11) is 2.15. The van der Waals surface area contributed by atoms with Gasteiger partial charge in [-0.2, -0.15) is 0 Å². The highest BCUT2D eigenvalue weighted by Gasteiger charge is 2.14. The van der Waals surface area contributed by atoms with Crippen LogP contribution in [0.15, 0.2) is 41.4 Å². The van der Waals surface area contributed by atoms with Crippen molar-refractivity contribution >= 4 is 51.7 Å². The van der Waals surface area contributed by atoms with Gasteiger partial charge in [0.1, 0.15) is 11.6 Å². The van der Waals surface area contributed by atoms with Crippen molar-refractivity contribution in [1.29, 1.82) is 0 Å². The van der Waals surface area contributed by atoms with Crippen LogP contribution in [0.4, 0.5) is 10.1 Å². The molecule has 4 rings (SSSR count). The van der Waals surface area contributed by atoms with E-state index < -0.39 is 0 Å². The quantitative estimate of drug-likeness (QED) is 0.316. The minimum atomic E-state index is -0.330. The Kier molecular flexibility index (Phi) is 7.51. The van der Waals surface area contributed by atoms with Crippen LogP contribution in [-0.4, -0.2) is 61.2 Å². The average molecular weight is 483 g/mol. The molecule has 3 aromatic rings. The number of nitrogens with zero attached hydrogens (tertiary/aromatic N) is 2. The minimum absolute atomic E-state index is 0.330. The van der Waals surface area contributed by atoms with Gasteiger partial charge in [-0.15, -0.1) is 0 Å². The first-order valence-electron chi connectivity index (χ1n) is 10.2. The first-order chi connectivity index (χ1) is 15.0. The fourth-order valence-electron chi connectivity index (χ4n) is 3.57. The highest BCUT2D eigenvalue weighted by atomic mass is 35.5. The standard InChI is InChI=1S/C22H25Cl2FN4OS/c1-28-8-10-29(11-9-28)7-2-12-30-15-3-6-20(18(25)13-15)31-27-19-5-4-16(23)21-17(24)14-26-22(19)21/h3-6,13-14,26-27H,2,7-12H2,1H3. The minimum Gasteiger partial charge on any atom is -0.493 e. The lowest BCUT2D eigenvalue weighted by Crippen LogP contribution is -2.44. The summed E-state index contributed by atoms with van der Waals surface area (Å²) < 4.78 is 23.5. The number of hydrogen-bond donors (Lipinski definition) is 2. The molecular formula is C22H25Cl2FN4OS. The molecule has 1 saturated heterocycles. The lowest BCUT2D eigenvalue weighted by Gasteiger charge is -2.32.